The Balaban J connectivity index is 1.58. The van der Waals surface area contributed by atoms with E-state index in [1.807, 2.05) is 54.6 Å². The Morgan fingerprint density at radius 2 is 1.88 bits per heavy atom. The van der Waals surface area contributed by atoms with E-state index in [0.29, 0.717) is 19.5 Å². The molecule has 0 aromatic heterocycles. The zero-order valence-corrected chi connectivity index (χ0v) is 13.6. The molecule has 24 heavy (non-hydrogen) atoms. The Labute approximate surface area is 141 Å². The summed E-state index contributed by atoms with van der Waals surface area (Å²) in [5.41, 5.74) is 1.81. The zero-order valence-electron chi connectivity index (χ0n) is 13.6. The van der Waals surface area contributed by atoms with Gasteiger partial charge >= 0.3 is 0 Å². The largest absolute Gasteiger partial charge is 0.497 e. The Bertz CT molecular complexity index is 713. The summed E-state index contributed by atoms with van der Waals surface area (Å²) < 4.78 is 5.11. The minimum Gasteiger partial charge on any atom is -0.497 e. The molecule has 0 spiro atoms. The number of nitrogens with zero attached hydrogens (tertiary/aromatic N) is 1. The smallest absolute Gasteiger partial charge is 0.239 e. The average molecular weight is 324 g/mol. The van der Waals surface area contributed by atoms with Gasteiger partial charge in [0.05, 0.1) is 7.11 Å². The molecule has 0 unspecified atom stereocenters. The third-order valence-corrected chi connectivity index (χ3v) is 4.22. The van der Waals surface area contributed by atoms with Crippen LogP contribution < -0.4 is 15.0 Å². The van der Waals surface area contributed by atoms with Crippen LogP contribution >= 0.6 is 0 Å². The summed E-state index contributed by atoms with van der Waals surface area (Å²) in [6, 6.07) is 16.9. The fourth-order valence-corrected chi connectivity index (χ4v) is 2.84. The first kappa shape index (κ1) is 16.1. The molecule has 1 aliphatic heterocycles. The van der Waals surface area contributed by atoms with Gasteiger partial charge in [-0.1, -0.05) is 30.3 Å². The third-order valence-electron chi connectivity index (χ3n) is 4.22. The molecule has 1 N–H and O–H groups in total. The van der Waals surface area contributed by atoms with Gasteiger partial charge in [0.2, 0.25) is 11.8 Å². The molecule has 5 heteroatoms. The lowest BCUT2D eigenvalue weighted by Crippen LogP contribution is -2.36. The van der Waals surface area contributed by atoms with Crippen LogP contribution in [0, 0.1) is 5.92 Å². The first-order chi connectivity index (χ1) is 11.7. The topological polar surface area (TPSA) is 58.6 Å². The first-order valence-corrected chi connectivity index (χ1v) is 7.96. The molecular formula is C19H20N2O3. The van der Waals surface area contributed by atoms with E-state index < -0.39 is 5.92 Å². The number of hydrogen-bond acceptors (Lipinski definition) is 3. The molecule has 1 fully saturated rings. The van der Waals surface area contributed by atoms with Crippen molar-refractivity contribution in [3.05, 3.63) is 60.2 Å². The van der Waals surface area contributed by atoms with Crippen LogP contribution in [0.2, 0.25) is 0 Å². The van der Waals surface area contributed by atoms with Gasteiger partial charge in [-0.2, -0.15) is 0 Å². The van der Waals surface area contributed by atoms with Crippen molar-refractivity contribution in [1.82, 2.24) is 5.32 Å². The van der Waals surface area contributed by atoms with Gasteiger partial charge in [-0.15, -0.1) is 0 Å². The molecule has 3 rings (SSSR count). The number of carbonyl (C=O) groups excluding carboxylic acids is 2. The van der Waals surface area contributed by atoms with Gasteiger partial charge in [-0.05, 0) is 36.2 Å². The van der Waals surface area contributed by atoms with E-state index in [2.05, 4.69) is 5.32 Å². The van der Waals surface area contributed by atoms with Crippen molar-refractivity contribution in [3.63, 3.8) is 0 Å². The molecule has 2 amide bonds. The number of anilines is 1. The second-order valence-corrected chi connectivity index (χ2v) is 5.73. The van der Waals surface area contributed by atoms with Crippen LogP contribution in [-0.4, -0.2) is 25.5 Å². The summed E-state index contributed by atoms with van der Waals surface area (Å²) in [7, 11) is 1.61. The van der Waals surface area contributed by atoms with Crippen molar-refractivity contribution < 1.29 is 14.3 Å². The summed E-state index contributed by atoms with van der Waals surface area (Å²) in [4.78, 5) is 26.5. The first-order valence-electron chi connectivity index (χ1n) is 7.96. The third kappa shape index (κ3) is 3.40. The minimum absolute atomic E-state index is 0.131. The summed E-state index contributed by atoms with van der Waals surface area (Å²) in [6.07, 6.45) is 0.544. The number of hydrogen-bond donors (Lipinski definition) is 1. The van der Waals surface area contributed by atoms with Crippen molar-refractivity contribution in [1.29, 1.82) is 0 Å². The molecule has 0 saturated carbocycles. The van der Waals surface area contributed by atoms with Gasteiger partial charge in [-0.3, -0.25) is 9.59 Å². The van der Waals surface area contributed by atoms with E-state index in [0.717, 1.165) is 17.0 Å². The van der Waals surface area contributed by atoms with Crippen LogP contribution in [0.4, 0.5) is 5.69 Å². The van der Waals surface area contributed by atoms with Crippen LogP contribution in [0.1, 0.15) is 12.0 Å². The van der Waals surface area contributed by atoms with Crippen LogP contribution in [0.5, 0.6) is 5.75 Å². The molecule has 2 aromatic rings. The maximum absolute atomic E-state index is 12.5. The van der Waals surface area contributed by atoms with E-state index in [-0.39, 0.29) is 11.8 Å². The highest BCUT2D eigenvalue weighted by molar-refractivity contribution is 6.09. The van der Waals surface area contributed by atoms with Gasteiger partial charge in [-0.25, -0.2) is 0 Å². The molecule has 1 atom stereocenters. The fourth-order valence-electron chi connectivity index (χ4n) is 2.84. The minimum atomic E-state index is -0.608. The lowest BCUT2D eigenvalue weighted by atomic mass is 10.1. The van der Waals surface area contributed by atoms with E-state index in [1.165, 1.54) is 0 Å². The molecule has 0 radical (unpaired) electrons. The van der Waals surface area contributed by atoms with Gasteiger partial charge < -0.3 is 15.0 Å². The number of ether oxygens (including phenoxy) is 1. The number of carbonyl (C=O) groups is 2. The lowest BCUT2D eigenvalue weighted by molar-refractivity contribution is -0.132. The van der Waals surface area contributed by atoms with Gasteiger partial charge in [0, 0.05) is 18.8 Å². The summed E-state index contributed by atoms with van der Waals surface area (Å²) in [5, 5.41) is 2.85. The number of rotatable bonds is 5. The summed E-state index contributed by atoms with van der Waals surface area (Å²) in [6.45, 7) is 0.974. The molecule has 2 aromatic carbocycles. The number of benzene rings is 2. The molecule has 1 aliphatic rings. The second-order valence-electron chi connectivity index (χ2n) is 5.73. The van der Waals surface area contributed by atoms with Crippen molar-refractivity contribution in [2.24, 2.45) is 5.92 Å². The van der Waals surface area contributed by atoms with Crippen molar-refractivity contribution in [2.75, 3.05) is 18.6 Å². The van der Waals surface area contributed by atoms with Crippen LogP contribution in [0.3, 0.4) is 0 Å². The Morgan fingerprint density at radius 1 is 1.17 bits per heavy atom. The molecule has 124 valence electrons. The highest BCUT2D eigenvalue weighted by Crippen LogP contribution is 2.25. The van der Waals surface area contributed by atoms with Crippen LogP contribution in [0.25, 0.3) is 0 Å². The standard InChI is InChI=1S/C19H20N2O3/c1-24-16-9-7-14(8-10-16)13-20-18(22)17-11-12-21(19(17)23)15-5-3-2-4-6-15/h2-10,17H,11-13H2,1H3,(H,20,22)/t17-/m0/s1. The number of methoxy groups -OCH3 is 1. The molecule has 0 bridgehead atoms. The highest BCUT2D eigenvalue weighted by atomic mass is 16.5. The summed E-state index contributed by atoms with van der Waals surface area (Å²) in [5.74, 6) is -0.180. The Morgan fingerprint density at radius 3 is 2.54 bits per heavy atom. The van der Waals surface area contributed by atoms with Crippen LogP contribution in [0.15, 0.2) is 54.6 Å². The molecular weight excluding hydrogens is 304 g/mol. The lowest BCUT2D eigenvalue weighted by Gasteiger charge is -2.16. The fraction of sp³-hybridized carbons (Fsp3) is 0.263. The maximum atomic E-state index is 12.5. The highest BCUT2D eigenvalue weighted by Gasteiger charge is 2.37. The number of nitrogens with one attached hydrogen (secondary N) is 1. The predicted molar refractivity (Wildman–Crippen MR) is 91.7 cm³/mol. The maximum Gasteiger partial charge on any atom is 0.239 e. The predicted octanol–water partition coefficient (Wildman–Crippen LogP) is 2.36. The quantitative estimate of drug-likeness (QED) is 0.859. The average Bonchev–Trinajstić information content (AvgIpc) is 3.02. The monoisotopic (exact) mass is 324 g/mol. The van der Waals surface area contributed by atoms with Crippen molar-refractivity contribution in [3.8, 4) is 5.75 Å². The molecule has 1 heterocycles. The van der Waals surface area contributed by atoms with Gasteiger partial charge in [0.1, 0.15) is 11.7 Å². The van der Waals surface area contributed by atoms with Crippen molar-refractivity contribution >= 4 is 17.5 Å². The Kier molecular flexibility index (Phi) is 4.79. The zero-order chi connectivity index (χ0) is 16.9. The number of amides is 2. The van der Waals surface area contributed by atoms with Crippen LogP contribution in [-0.2, 0) is 16.1 Å². The van der Waals surface area contributed by atoms with E-state index >= 15 is 0 Å². The molecule has 1 saturated heterocycles. The SMILES string of the molecule is COc1ccc(CNC(=O)[C@@H]2CCN(c3ccccc3)C2=O)cc1. The van der Waals surface area contributed by atoms with Gasteiger partial charge in [0.25, 0.3) is 0 Å². The molecule has 5 nitrogen and oxygen atoms in total. The Hall–Kier alpha value is -2.82. The second kappa shape index (κ2) is 7.17. The number of para-hydroxylation sites is 1. The van der Waals surface area contributed by atoms with Gasteiger partial charge in [0.15, 0.2) is 0 Å². The van der Waals surface area contributed by atoms with E-state index in [4.69, 9.17) is 4.74 Å². The van der Waals surface area contributed by atoms with E-state index in [9.17, 15) is 9.59 Å². The summed E-state index contributed by atoms with van der Waals surface area (Å²) >= 11 is 0. The van der Waals surface area contributed by atoms with Crippen molar-refractivity contribution in [2.45, 2.75) is 13.0 Å². The molecule has 0 aliphatic carbocycles. The normalized spacial score (nSPS) is 17.0. The van der Waals surface area contributed by atoms with E-state index in [1.54, 1.807) is 12.0 Å².